The van der Waals surface area contributed by atoms with Crippen molar-refractivity contribution >= 4 is 22.8 Å². The van der Waals surface area contributed by atoms with E-state index in [-0.39, 0.29) is 6.61 Å². The quantitative estimate of drug-likeness (QED) is 0.629. The lowest BCUT2D eigenvalue weighted by atomic mass is 9.98. The first-order valence-corrected chi connectivity index (χ1v) is 5.67. The summed E-state index contributed by atoms with van der Waals surface area (Å²) in [4.78, 5) is 26.3. The monoisotopic (exact) mass is 246 g/mol. The molecule has 2 rings (SSSR count). The first kappa shape index (κ1) is 12.2. The Kier molecular flexibility index (Phi) is 3.32. The van der Waals surface area contributed by atoms with Crippen LogP contribution >= 0.6 is 0 Å². The second-order valence-corrected chi connectivity index (χ2v) is 3.88. The molecule has 0 radical (unpaired) electrons. The summed E-state index contributed by atoms with van der Waals surface area (Å²) in [5.41, 5.74) is 6.70. The Labute approximate surface area is 104 Å². The molecule has 5 heteroatoms. The molecule has 0 bridgehead atoms. The van der Waals surface area contributed by atoms with Crippen molar-refractivity contribution in [1.29, 1.82) is 0 Å². The number of amides is 1. The smallest absolute Gasteiger partial charge is 0.323 e. The number of carbonyl (C=O) groups excluding carboxylic acids is 2. The molecule has 0 fully saturated rings. The van der Waals surface area contributed by atoms with Crippen LogP contribution in [0, 0.1) is 0 Å². The van der Waals surface area contributed by atoms with E-state index in [1.165, 1.54) is 0 Å². The number of hydrogen-bond acceptors (Lipinski definition) is 3. The Hall–Kier alpha value is -2.30. The van der Waals surface area contributed by atoms with Crippen LogP contribution in [0.3, 0.4) is 0 Å². The van der Waals surface area contributed by atoms with E-state index in [9.17, 15) is 9.59 Å². The lowest BCUT2D eigenvalue weighted by molar-refractivity contribution is -0.147. The number of carbonyl (C=O) groups is 2. The molecule has 0 spiro atoms. The molecule has 0 aliphatic heterocycles. The van der Waals surface area contributed by atoms with Crippen LogP contribution in [-0.2, 0) is 14.3 Å². The number of nitrogens with two attached hydrogens (primary N) is 1. The Bertz CT molecular complexity index is 589. The number of para-hydroxylation sites is 1. The number of primary amides is 1. The van der Waals surface area contributed by atoms with Gasteiger partial charge in [-0.2, -0.15) is 0 Å². The summed E-state index contributed by atoms with van der Waals surface area (Å²) in [5, 5.41) is 0.800. The van der Waals surface area contributed by atoms with Crippen LogP contribution in [0.4, 0.5) is 0 Å². The van der Waals surface area contributed by atoms with Crippen LogP contribution in [0.2, 0.25) is 0 Å². The fourth-order valence-corrected chi connectivity index (χ4v) is 1.95. The van der Waals surface area contributed by atoms with Crippen LogP contribution in [0.15, 0.2) is 30.5 Å². The van der Waals surface area contributed by atoms with Crippen LogP contribution in [-0.4, -0.2) is 23.5 Å². The van der Waals surface area contributed by atoms with Crippen molar-refractivity contribution in [2.45, 2.75) is 12.8 Å². The summed E-state index contributed by atoms with van der Waals surface area (Å²) in [6, 6.07) is 7.40. The van der Waals surface area contributed by atoms with Crippen molar-refractivity contribution < 1.29 is 14.3 Å². The van der Waals surface area contributed by atoms with E-state index in [1.807, 2.05) is 24.3 Å². The van der Waals surface area contributed by atoms with Gasteiger partial charge in [0.15, 0.2) is 5.92 Å². The molecule has 1 heterocycles. The Balaban J connectivity index is 2.48. The predicted octanol–water partition coefficient (Wildman–Crippen LogP) is 1.30. The number of benzene rings is 1. The third-order valence-corrected chi connectivity index (χ3v) is 2.74. The highest BCUT2D eigenvalue weighted by molar-refractivity contribution is 6.06. The number of aromatic amines is 1. The second kappa shape index (κ2) is 4.91. The largest absolute Gasteiger partial charge is 0.465 e. The van der Waals surface area contributed by atoms with E-state index in [1.54, 1.807) is 13.1 Å². The van der Waals surface area contributed by atoms with Gasteiger partial charge in [0.2, 0.25) is 5.91 Å². The van der Waals surface area contributed by atoms with Crippen LogP contribution in [0.25, 0.3) is 10.9 Å². The molecule has 1 aromatic heterocycles. The number of aromatic nitrogens is 1. The topological polar surface area (TPSA) is 85.2 Å². The maximum Gasteiger partial charge on any atom is 0.323 e. The van der Waals surface area contributed by atoms with Gasteiger partial charge in [0.1, 0.15) is 0 Å². The average Bonchev–Trinajstić information content (AvgIpc) is 2.74. The fourth-order valence-electron chi connectivity index (χ4n) is 1.95. The Morgan fingerprint density at radius 3 is 2.78 bits per heavy atom. The molecule has 3 N–H and O–H groups in total. The highest BCUT2D eigenvalue weighted by Gasteiger charge is 2.30. The van der Waals surface area contributed by atoms with Crippen molar-refractivity contribution in [2.24, 2.45) is 5.73 Å². The third kappa shape index (κ3) is 2.07. The normalized spacial score (nSPS) is 12.3. The minimum absolute atomic E-state index is 0.213. The van der Waals surface area contributed by atoms with Gasteiger partial charge in [0.25, 0.3) is 0 Å². The van der Waals surface area contributed by atoms with Gasteiger partial charge in [-0.25, -0.2) is 0 Å². The summed E-state index contributed by atoms with van der Waals surface area (Å²) < 4.78 is 4.88. The molecular formula is C13H14N2O3. The van der Waals surface area contributed by atoms with E-state index in [0.717, 1.165) is 10.9 Å². The number of fused-ring (bicyclic) bond motifs is 1. The Morgan fingerprint density at radius 2 is 2.11 bits per heavy atom. The highest BCUT2D eigenvalue weighted by atomic mass is 16.5. The van der Waals surface area contributed by atoms with E-state index in [0.29, 0.717) is 5.56 Å². The van der Waals surface area contributed by atoms with Crippen LogP contribution < -0.4 is 5.73 Å². The molecule has 1 unspecified atom stereocenters. The number of rotatable bonds is 4. The first-order valence-electron chi connectivity index (χ1n) is 5.67. The minimum Gasteiger partial charge on any atom is -0.465 e. The lowest BCUT2D eigenvalue weighted by Crippen LogP contribution is -2.29. The van der Waals surface area contributed by atoms with Gasteiger partial charge in [-0.15, -0.1) is 0 Å². The molecule has 18 heavy (non-hydrogen) atoms. The zero-order chi connectivity index (χ0) is 13.1. The molecule has 1 atom stereocenters. The molecular weight excluding hydrogens is 232 g/mol. The first-order chi connectivity index (χ1) is 8.65. The fraction of sp³-hybridized carbons (Fsp3) is 0.231. The van der Waals surface area contributed by atoms with Gasteiger partial charge < -0.3 is 15.5 Å². The van der Waals surface area contributed by atoms with Gasteiger partial charge in [0.05, 0.1) is 6.61 Å². The average molecular weight is 246 g/mol. The van der Waals surface area contributed by atoms with Crippen molar-refractivity contribution in [1.82, 2.24) is 4.98 Å². The van der Waals surface area contributed by atoms with Crippen molar-refractivity contribution in [3.63, 3.8) is 0 Å². The molecule has 1 aromatic carbocycles. The van der Waals surface area contributed by atoms with Gasteiger partial charge >= 0.3 is 5.97 Å². The number of nitrogens with one attached hydrogen (secondary N) is 1. The number of esters is 1. The predicted molar refractivity (Wildman–Crippen MR) is 66.9 cm³/mol. The summed E-state index contributed by atoms with van der Waals surface area (Å²) in [7, 11) is 0. The molecule has 5 nitrogen and oxygen atoms in total. The van der Waals surface area contributed by atoms with E-state index in [2.05, 4.69) is 4.98 Å². The van der Waals surface area contributed by atoms with Gasteiger partial charge in [0, 0.05) is 22.7 Å². The van der Waals surface area contributed by atoms with E-state index < -0.39 is 17.8 Å². The molecule has 0 aliphatic carbocycles. The van der Waals surface area contributed by atoms with Gasteiger partial charge in [-0.3, -0.25) is 9.59 Å². The van der Waals surface area contributed by atoms with Crippen LogP contribution in [0.5, 0.6) is 0 Å². The summed E-state index contributed by atoms with van der Waals surface area (Å²) in [6.45, 7) is 1.90. The third-order valence-electron chi connectivity index (χ3n) is 2.74. The molecule has 0 saturated carbocycles. The zero-order valence-corrected chi connectivity index (χ0v) is 9.97. The molecule has 0 saturated heterocycles. The maximum absolute atomic E-state index is 11.8. The van der Waals surface area contributed by atoms with Crippen LogP contribution in [0.1, 0.15) is 18.4 Å². The second-order valence-electron chi connectivity index (χ2n) is 3.88. The summed E-state index contributed by atoms with van der Waals surface area (Å²) >= 11 is 0. The SMILES string of the molecule is CCOC(=O)C(C(N)=O)c1c[nH]c2ccccc12. The van der Waals surface area contributed by atoms with E-state index >= 15 is 0 Å². The highest BCUT2D eigenvalue weighted by Crippen LogP contribution is 2.26. The molecule has 1 amide bonds. The number of hydrogen-bond donors (Lipinski definition) is 2. The lowest BCUT2D eigenvalue weighted by Gasteiger charge is -2.11. The molecule has 0 aliphatic rings. The standard InChI is InChI=1S/C13H14N2O3/c1-2-18-13(17)11(12(14)16)9-7-15-10-6-4-3-5-8(9)10/h3-7,11,15H,2H2,1H3,(H2,14,16). The van der Waals surface area contributed by atoms with Gasteiger partial charge in [-0.05, 0) is 13.0 Å². The number of H-pyrrole nitrogens is 1. The molecule has 2 aromatic rings. The molecule has 94 valence electrons. The summed E-state index contributed by atoms with van der Waals surface area (Å²) in [5.74, 6) is -2.39. The maximum atomic E-state index is 11.8. The minimum atomic E-state index is -1.07. The number of ether oxygens (including phenoxy) is 1. The zero-order valence-electron chi connectivity index (χ0n) is 9.97. The van der Waals surface area contributed by atoms with Crippen molar-refractivity contribution in [3.8, 4) is 0 Å². The van der Waals surface area contributed by atoms with Gasteiger partial charge in [-0.1, -0.05) is 18.2 Å². The Morgan fingerprint density at radius 1 is 1.39 bits per heavy atom. The van der Waals surface area contributed by atoms with Crippen molar-refractivity contribution in [2.75, 3.05) is 6.61 Å². The summed E-state index contributed by atoms with van der Waals surface area (Å²) in [6.07, 6.45) is 1.62. The van der Waals surface area contributed by atoms with Crippen molar-refractivity contribution in [3.05, 3.63) is 36.0 Å². The van der Waals surface area contributed by atoms with E-state index in [4.69, 9.17) is 10.5 Å².